The van der Waals surface area contributed by atoms with E-state index in [-0.39, 0.29) is 11.4 Å². The van der Waals surface area contributed by atoms with Crippen LogP contribution in [0.4, 0.5) is 0 Å². The molecule has 0 atom stereocenters. The molecule has 94 valence electrons. The van der Waals surface area contributed by atoms with E-state index >= 15 is 0 Å². The lowest BCUT2D eigenvalue weighted by atomic mass is 9.96. The first-order chi connectivity index (χ1) is 8.09. The Morgan fingerprint density at radius 2 is 1.82 bits per heavy atom. The van der Waals surface area contributed by atoms with Gasteiger partial charge in [-0.05, 0) is 31.9 Å². The summed E-state index contributed by atoms with van der Waals surface area (Å²) in [6.45, 7) is 6.31. The number of nitrogens with one attached hydrogen (secondary N) is 1. The number of benzene rings is 1. The number of thioether (sulfide) groups is 1. The average Bonchev–Trinajstić information content (AvgIpc) is 2.37. The third kappa shape index (κ3) is 4.82. The molecule has 17 heavy (non-hydrogen) atoms. The topological polar surface area (TPSA) is 29.1 Å². The van der Waals surface area contributed by atoms with Gasteiger partial charge in [-0.2, -0.15) is 0 Å². The van der Waals surface area contributed by atoms with Crippen molar-refractivity contribution in [1.82, 2.24) is 5.32 Å². The largest absolute Gasteiger partial charge is 0.350 e. The fourth-order valence-electron chi connectivity index (χ4n) is 1.47. The van der Waals surface area contributed by atoms with Crippen LogP contribution in [0.15, 0.2) is 35.2 Å². The van der Waals surface area contributed by atoms with Gasteiger partial charge in [0.25, 0.3) is 0 Å². The summed E-state index contributed by atoms with van der Waals surface area (Å²) in [5.41, 5.74) is -0.0612. The van der Waals surface area contributed by atoms with Gasteiger partial charge >= 0.3 is 0 Å². The van der Waals surface area contributed by atoms with Crippen molar-refractivity contribution in [3.8, 4) is 0 Å². The second-order valence-corrected chi connectivity index (χ2v) is 5.47. The predicted octanol–water partition coefficient (Wildman–Crippen LogP) is 3.47. The molecule has 0 saturated carbocycles. The molecule has 0 aliphatic carbocycles. The van der Waals surface area contributed by atoms with Gasteiger partial charge in [0, 0.05) is 10.4 Å². The Labute approximate surface area is 108 Å². The van der Waals surface area contributed by atoms with Crippen LogP contribution in [0.5, 0.6) is 0 Å². The van der Waals surface area contributed by atoms with Crippen molar-refractivity contribution >= 4 is 17.7 Å². The maximum Gasteiger partial charge on any atom is 0.230 e. The number of rotatable bonds is 6. The third-order valence-corrected chi connectivity index (χ3v) is 4.13. The molecule has 0 bridgehead atoms. The van der Waals surface area contributed by atoms with Gasteiger partial charge in [0.15, 0.2) is 0 Å². The quantitative estimate of drug-likeness (QED) is 0.784. The van der Waals surface area contributed by atoms with Crippen molar-refractivity contribution in [3.05, 3.63) is 30.3 Å². The Balaban J connectivity index is 2.40. The summed E-state index contributed by atoms with van der Waals surface area (Å²) in [6, 6.07) is 10.0. The van der Waals surface area contributed by atoms with Crippen LogP contribution >= 0.6 is 11.8 Å². The number of carbonyl (C=O) groups is 1. The fraction of sp³-hybridized carbons (Fsp3) is 0.500. The summed E-state index contributed by atoms with van der Waals surface area (Å²) in [4.78, 5) is 13.0. The van der Waals surface area contributed by atoms with Crippen LogP contribution in [-0.4, -0.2) is 17.2 Å². The highest BCUT2D eigenvalue weighted by Crippen LogP contribution is 2.18. The average molecular weight is 251 g/mol. The molecule has 0 aromatic heterocycles. The van der Waals surface area contributed by atoms with Gasteiger partial charge in [0.05, 0.1) is 5.75 Å². The van der Waals surface area contributed by atoms with Crippen LogP contribution in [0.3, 0.4) is 0 Å². The minimum atomic E-state index is -0.0612. The molecule has 0 heterocycles. The summed E-state index contributed by atoms with van der Waals surface area (Å²) < 4.78 is 0. The molecule has 1 aromatic rings. The maximum absolute atomic E-state index is 11.8. The van der Waals surface area contributed by atoms with Crippen LogP contribution < -0.4 is 5.32 Å². The Morgan fingerprint density at radius 3 is 2.35 bits per heavy atom. The van der Waals surface area contributed by atoms with E-state index in [9.17, 15) is 4.79 Å². The zero-order valence-electron chi connectivity index (χ0n) is 10.8. The number of hydrogen-bond donors (Lipinski definition) is 1. The van der Waals surface area contributed by atoms with Crippen LogP contribution in [0.25, 0.3) is 0 Å². The van der Waals surface area contributed by atoms with Crippen LogP contribution in [-0.2, 0) is 4.79 Å². The lowest BCUT2D eigenvalue weighted by Crippen LogP contribution is -2.45. The molecule has 0 aliphatic rings. The van der Waals surface area contributed by atoms with E-state index in [2.05, 4.69) is 26.1 Å². The third-order valence-electron chi connectivity index (χ3n) is 3.11. The fourth-order valence-corrected chi connectivity index (χ4v) is 2.18. The van der Waals surface area contributed by atoms with Crippen LogP contribution in [0, 0.1) is 0 Å². The first kappa shape index (κ1) is 14.1. The Morgan fingerprint density at radius 1 is 1.24 bits per heavy atom. The number of amides is 1. The van der Waals surface area contributed by atoms with Gasteiger partial charge in [0.2, 0.25) is 5.91 Å². The smallest absolute Gasteiger partial charge is 0.230 e. The van der Waals surface area contributed by atoms with E-state index in [1.54, 1.807) is 11.8 Å². The van der Waals surface area contributed by atoms with E-state index < -0.39 is 0 Å². The molecule has 1 aromatic carbocycles. The predicted molar refractivity (Wildman–Crippen MR) is 74.3 cm³/mol. The lowest BCUT2D eigenvalue weighted by Gasteiger charge is -2.28. The van der Waals surface area contributed by atoms with Gasteiger partial charge < -0.3 is 5.32 Å². The summed E-state index contributed by atoms with van der Waals surface area (Å²) in [5.74, 6) is 0.602. The van der Waals surface area contributed by atoms with E-state index in [0.717, 1.165) is 17.7 Å². The van der Waals surface area contributed by atoms with Gasteiger partial charge in [-0.15, -0.1) is 11.8 Å². The second kappa shape index (κ2) is 6.70. The van der Waals surface area contributed by atoms with Crippen LogP contribution in [0.1, 0.15) is 33.6 Å². The molecule has 1 N–H and O–H groups in total. The standard InChI is InChI=1S/C14H21NOS/c1-4-14(3,5-2)15-13(16)11-17-12-9-7-6-8-10-12/h6-10H,4-5,11H2,1-3H3,(H,15,16). The molecule has 0 spiro atoms. The molecular weight excluding hydrogens is 230 g/mol. The number of carbonyl (C=O) groups excluding carboxylic acids is 1. The van der Waals surface area contributed by atoms with Gasteiger partial charge in [-0.3, -0.25) is 4.79 Å². The molecule has 0 fully saturated rings. The molecule has 0 unspecified atom stereocenters. The molecule has 0 aliphatic heterocycles. The van der Waals surface area contributed by atoms with Crippen molar-refractivity contribution in [2.75, 3.05) is 5.75 Å². The van der Waals surface area contributed by atoms with Gasteiger partial charge in [-0.25, -0.2) is 0 Å². The monoisotopic (exact) mass is 251 g/mol. The molecule has 0 radical (unpaired) electrons. The lowest BCUT2D eigenvalue weighted by molar-refractivity contribution is -0.120. The summed E-state index contributed by atoms with van der Waals surface area (Å²) in [5, 5.41) is 3.10. The van der Waals surface area contributed by atoms with E-state index in [1.165, 1.54) is 0 Å². The molecule has 2 nitrogen and oxygen atoms in total. The van der Waals surface area contributed by atoms with Crippen molar-refractivity contribution in [1.29, 1.82) is 0 Å². The maximum atomic E-state index is 11.8. The molecule has 1 rings (SSSR count). The molecule has 0 saturated heterocycles. The minimum absolute atomic E-state index is 0.0612. The number of hydrogen-bond acceptors (Lipinski definition) is 2. The first-order valence-corrected chi connectivity index (χ1v) is 7.07. The van der Waals surface area contributed by atoms with Crippen molar-refractivity contribution in [2.24, 2.45) is 0 Å². The van der Waals surface area contributed by atoms with Crippen molar-refractivity contribution < 1.29 is 4.79 Å². The summed E-state index contributed by atoms with van der Waals surface area (Å²) >= 11 is 1.58. The van der Waals surface area contributed by atoms with Gasteiger partial charge in [-0.1, -0.05) is 32.0 Å². The highest BCUT2D eigenvalue weighted by atomic mass is 32.2. The van der Waals surface area contributed by atoms with Crippen molar-refractivity contribution in [2.45, 2.75) is 44.0 Å². The molecule has 3 heteroatoms. The van der Waals surface area contributed by atoms with Gasteiger partial charge in [0.1, 0.15) is 0 Å². The van der Waals surface area contributed by atoms with E-state index in [4.69, 9.17) is 0 Å². The second-order valence-electron chi connectivity index (χ2n) is 4.42. The zero-order chi connectivity index (χ0) is 12.7. The zero-order valence-corrected chi connectivity index (χ0v) is 11.6. The molecule has 1 amide bonds. The van der Waals surface area contributed by atoms with E-state index in [1.807, 2.05) is 30.3 Å². The highest BCUT2D eigenvalue weighted by Gasteiger charge is 2.21. The highest BCUT2D eigenvalue weighted by molar-refractivity contribution is 8.00. The van der Waals surface area contributed by atoms with Crippen LogP contribution in [0.2, 0.25) is 0 Å². The van der Waals surface area contributed by atoms with Crippen molar-refractivity contribution in [3.63, 3.8) is 0 Å². The Bertz CT molecular complexity index is 346. The minimum Gasteiger partial charge on any atom is -0.350 e. The molecular formula is C14H21NOS. The summed E-state index contributed by atoms with van der Waals surface area (Å²) in [6.07, 6.45) is 1.93. The Hall–Kier alpha value is -0.960. The normalized spacial score (nSPS) is 11.2. The SMILES string of the molecule is CCC(C)(CC)NC(=O)CSc1ccccc1. The van der Waals surface area contributed by atoms with E-state index in [0.29, 0.717) is 5.75 Å². The Kier molecular flexibility index (Phi) is 5.56. The first-order valence-electron chi connectivity index (χ1n) is 6.08. The summed E-state index contributed by atoms with van der Waals surface area (Å²) in [7, 11) is 0.